The number of nitrogens with zero attached hydrogens (tertiary/aromatic N) is 5. The fourth-order valence-corrected chi connectivity index (χ4v) is 6.67. The minimum Gasteiger partial charge on any atom is -0.507 e. The average molecular weight is 624 g/mol. The van der Waals surface area contributed by atoms with Crippen LogP contribution in [0.5, 0.6) is 28.9 Å². The van der Waals surface area contributed by atoms with Crippen molar-refractivity contribution in [3.05, 3.63) is 152 Å². The van der Waals surface area contributed by atoms with Crippen LogP contribution in [-0.4, -0.2) is 19.2 Å². The summed E-state index contributed by atoms with van der Waals surface area (Å²) >= 11 is 0. The third-order valence-electron chi connectivity index (χ3n) is 8.82. The number of aromatic hydroxyl groups is 1. The second-order valence-corrected chi connectivity index (χ2v) is 11.6. The number of para-hydroxylation sites is 6. The second-order valence-electron chi connectivity index (χ2n) is 11.6. The largest absolute Gasteiger partial charge is 0.507 e. The molecule has 4 heterocycles. The zero-order valence-electron chi connectivity index (χ0n) is 25.4. The molecule has 0 amide bonds. The molecule has 8 aromatic rings. The van der Waals surface area contributed by atoms with Crippen molar-refractivity contribution < 1.29 is 19.1 Å². The van der Waals surface area contributed by atoms with Gasteiger partial charge >= 0.3 is 0 Å². The highest BCUT2D eigenvalue weighted by Crippen LogP contribution is 2.60. The third kappa shape index (κ3) is 3.83. The number of hydrogen-bond acceptors (Lipinski definition) is 5. The number of phenols is 1. The molecule has 6 aromatic carbocycles. The SMILES string of the molecule is Oc1ccccc1-c1nc2c(n1-c1ccccc1)Oc1cccc3c1N2c1cc(-n2[c-][n+](-c4ccccc4)c4ccccc42)ccc1O3. The summed E-state index contributed by atoms with van der Waals surface area (Å²) in [5, 5.41) is 11.0. The van der Waals surface area contributed by atoms with Gasteiger partial charge in [0, 0.05) is 0 Å². The van der Waals surface area contributed by atoms with Crippen molar-refractivity contribution in [2.24, 2.45) is 0 Å². The standard InChI is InChI=1S/C40H25N5O3/c46-33-19-10-7-16-29(33)38-41-39-40(44(38)27-14-5-2-6-15-27)48-36-21-11-20-35-37(36)45(39)32-24-28(22-23-34(32)47-35)43-25-42(26-12-3-1-4-13-26)30-17-8-9-18-31(30)43/h1-24,46H. The Bertz CT molecular complexity index is 2540. The third-order valence-corrected chi connectivity index (χ3v) is 8.82. The molecule has 0 radical (unpaired) electrons. The maximum absolute atomic E-state index is 11.0. The highest BCUT2D eigenvalue weighted by molar-refractivity contribution is 5.94. The van der Waals surface area contributed by atoms with E-state index >= 15 is 0 Å². The number of anilines is 3. The molecule has 0 aliphatic carbocycles. The summed E-state index contributed by atoms with van der Waals surface area (Å²) in [7, 11) is 0. The molecule has 2 aliphatic rings. The van der Waals surface area contributed by atoms with Gasteiger partial charge in [-0.1, -0.05) is 78.9 Å². The molecule has 2 aromatic heterocycles. The van der Waals surface area contributed by atoms with Crippen molar-refractivity contribution in [2.75, 3.05) is 4.90 Å². The van der Waals surface area contributed by atoms with E-state index in [1.165, 1.54) is 0 Å². The van der Waals surface area contributed by atoms with Gasteiger partial charge in [0.1, 0.15) is 11.4 Å². The van der Waals surface area contributed by atoms with Crippen LogP contribution in [0.2, 0.25) is 0 Å². The van der Waals surface area contributed by atoms with Crippen molar-refractivity contribution in [3.8, 4) is 57.3 Å². The number of benzene rings is 6. The van der Waals surface area contributed by atoms with Crippen LogP contribution in [0.1, 0.15) is 0 Å². The molecule has 2 aliphatic heterocycles. The van der Waals surface area contributed by atoms with Crippen LogP contribution in [0.3, 0.4) is 0 Å². The molecule has 0 unspecified atom stereocenters. The lowest BCUT2D eigenvalue weighted by atomic mass is 10.1. The Kier molecular flexibility index (Phi) is 5.56. The van der Waals surface area contributed by atoms with Gasteiger partial charge in [-0.25, -0.2) is 4.98 Å². The molecule has 0 atom stereocenters. The van der Waals surface area contributed by atoms with Gasteiger partial charge in [-0.3, -0.25) is 18.6 Å². The predicted octanol–water partition coefficient (Wildman–Crippen LogP) is 8.95. The lowest BCUT2D eigenvalue weighted by molar-refractivity contribution is -0.572. The first-order valence-electron chi connectivity index (χ1n) is 15.6. The summed E-state index contributed by atoms with van der Waals surface area (Å²) in [5.74, 6) is 3.77. The summed E-state index contributed by atoms with van der Waals surface area (Å²) in [6.45, 7) is 0. The Morgan fingerprint density at radius 1 is 0.646 bits per heavy atom. The second kappa shape index (κ2) is 10.1. The first-order chi connectivity index (χ1) is 23.7. The minimum atomic E-state index is 0.127. The first-order valence-corrected chi connectivity index (χ1v) is 15.6. The normalized spacial score (nSPS) is 12.5. The molecule has 0 saturated heterocycles. The molecule has 0 spiro atoms. The molecule has 48 heavy (non-hydrogen) atoms. The maximum Gasteiger partial charge on any atom is 0.269 e. The zero-order valence-corrected chi connectivity index (χ0v) is 25.4. The number of rotatable bonds is 4. The van der Waals surface area contributed by atoms with Gasteiger partial charge in [0.25, 0.3) is 12.2 Å². The smallest absolute Gasteiger partial charge is 0.269 e. The predicted molar refractivity (Wildman–Crippen MR) is 183 cm³/mol. The van der Waals surface area contributed by atoms with E-state index in [0.29, 0.717) is 40.3 Å². The number of ether oxygens (including phenoxy) is 2. The van der Waals surface area contributed by atoms with Gasteiger partial charge in [-0.05, 0) is 66.7 Å². The van der Waals surface area contributed by atoms with E-state index in [4.69, 9.17) is 14.5 Å². The summed E-state index contributed by atoms with van der Waals surface area (Å²) in [5.41, 5.74) is 6.97. The molecule has 8 heteroatoms. The minimum absolute atomic E-state index is 0.127. The van der Waals surface area contributed by atoms with Crippen molar-refractivity contribution in [1.82, 2.24) is 14.1 Å². The van der Waals surface area contributed by atoms with Gasteiger partial charge in [0.2, 0.25) is 5.82 Å². The van der Waals surface area contributed by atoms with E-state index in [2.05, 4.69) is 50.7 Å². The van der Waals surface area contributed by atoms with E-state index in [1.54, 1.807) is 12.1 Å². The Hall–Kier alpha value is -6.80. The van der Waals surface area contributed by atoms with Crippen LogP contribution < -0.4 is 18.9 Å². The molecule has 228 valence electrons. The van der Waals surface area contributed by atoms with E-state index < -0.39 is 0 Å². The topological polar surface area (TPSA) is 68.6 Å². The van der Waals surface area contributed by atoms with Crippen LogP contribution in [-0.2, 0) is 0 Å². The van der Waals surface area contributed by atoms with Gasteiger partial charge in [0.15, 0.2) is 23.1 Å². The van der Waals surface area contributed by atoms with E-state index in [1.807, 2.05) is 108 Å². The lowest BCUT2D eigenvalue weighted by Gasteiger charge is -2.36. The van der Waals surface area contributed by atoms with E-state index in [0.717, 1.165) is 39.5 Å². The Morgan fingerprint density at radius 3 is 2.21 bits per heavy atom. The Morgan fingerprint density at radius 2 is 1.38 bits per heavy atom. The highest BCUT2D eigenvalue weighted by atomic mass is 16.5. The summed E-state index contributed by atoms with van der Waals surface area (Å²) in [4.78, 5) is 7.31. The molecule has 0 bridgehead atoms. The van der Waals surface area contributed by atoms with E-state index in [9.17, 15) is 5.11 Å². The lowest BCUT2D eigenvalue weighted by Crippen LogP contribution is -2.29. The number of fused-ring (bicyclic) bond motifs is 5. The van der Waals surface area contributed by atoms with Crippen LogP contribution in [0, 0.1) is 6.33 Å². The van der Waals surface area contributed by atoms with Gasteiger partial charge in [-0.15, -0.1) is 0 Å². The summed E-state index contributed by atoms with van der Waals surface area (Å²) in [6, 6.07) is 47.6. The number of aromatic nitrogens is 4. The van der Waals surface area contributed by atoms with E-state index in [-0.39, 0.29) is 5.75 Å². The van der Waals surface area contributed by atoms with Gasteiger partial charge in [0.05, 0.1) is 39.3 Å². The molecule has 8 nitrogen and oxygen atoms in total. The fourth-order valence-electron chi connectivity index (χ4n) is 6.67. The Labute approximate surface area is 275 Å². The maximum atomic E-state index is 11.0. The average Bonchev–Trinajstić information content (AvgIpc) is 3.72. The first kappa shape index (κ1) is 26.4. The molecule has 1 N–H and O–H groups in total. The monoisotopic (exact) mass is 623 g/mol. The molecular formula is C40H25N5O3. The number of imidazole rings is 2. The number of hydrogen-bond donors (Lipinski definition) is 1. The fraction of sp³-hybridized carbons (Fsp3) is 0. The van der Waals surface area contributed by atoms with Crippen molar-refractivity contribution >= 4 is 28.2 Å². The van der Waals surface area contributed by atoms with Crippen molar-refractivity contribution in [3.63, 3.8) is 0 Å². The van der Waals surface area contributed by atoms with Crippen LogP contribution in [0.4, 0.5) is 17.2 Å². The summed E-state index contributed by atoms with van der Waals surface area (Å²) < 4.78 is 19.3. The molecule has 0 fully saturated rings. The molecule has 0 saturated carbocycles. The van der Waals surface area contributed by atoms with Crippen molar-refractivity contribution in [1.29, 1.82) is 0 Å². The molecular weight excluding hydrogens is 598 g/mol. The van der Waals surface area contributed by atoms with Gasteiger partial charge < -0.3 is 14.6 Å². The van der Waals surface area contributed by atoms with Crippen LogP contribution in [0.25, 0.3) is 39.5 Å². The summed E-state index contributed by atoms with van der Waals surface area (Å²) in [6.07, 6.45) is 3.59. The zero-order chi connectivity index (χ0) is 31.8. The quantitative estimate of drug-likeness (QED) is 0.157. The highest BCUT2D eigenvalue weighted by Gasteiger charge is 2.39. The van der Waals surface area contributed by atoms with Crippen LogP contribution >= 0.6 is 0 Å². The Balaban J connectivity index is 1.22. The van der Waals surface area contributed by atoms with Gasteiger partial charge in [-0.2, -0.15) is 0 Å². The van der Waals surface area contributed by atoms with Crippen molar-refractivity contribution in [2.45, 2.75) is 0 Å². The van der Waals surface area contributed by atoms with Crippen LogP contribution in [0.15, 0.2) is 146 Å². The molecule has 10 rings (SSSR count). The number of phenolic OH excluding ortho intramolecular Hbond substituents is 1.